The maximum absolute atomic E-state index is 11.1. The minimum atomic E-state index is -0.382. The van der Waals surface area contributed by atoms with Crippen molar-refractivity contribution in [1.82, 2.24) is 4.90 Å². The first-order valence-electron chi connectivity index (χ1n) is 5.59. The van der Waals surface area contributed by atoms with Gasteiger partial charge < -0.3 is 10.6 Å². The molecule has 1 aromatic carbocycles. The van der Waals surface area contributed by atoms with E-state index in [2.05, 4.69) is 9.89 Å². The Morgan fingerprint density at radius 2 is 2.41 bits per heavy atom. The van der Waals surface area contributed by atoms with Crippen molar-refractivity contribution < 1.29 is 4.79 Å². The number of carbonyl (C=O) groups excluding carboxylic acids is 1. The van der Waals surface area contributed by atoms with Gasteiger partial charge in [0.1, 0.15) is 0 Å². The van der Waals surface area contributed by atoms with Crippen molar-refractivity contribution in [2.75, 3.05) is 18.8 Å². The second kappa shape index (κ2) is 4.07. The molecule has 88 valence electrons. The molecule has 1 amide bonds. The van der Waals surface area contributed by atoms with Gasteiger partial charge in [0.2, 0.25) is 5.91 Å². The molecule has 0 spiro atoms. The highest BCUT2D eigenvalue weighted by molar-refractivity contribution is 8.14. The van der Waals surface area contributed by atoms with Crippen LogP contribution in [0.15, 0.2) is 29.3 Å². The Morgan fingerprint density at radius 3 is 3.18 bits per heavy atom. The lowest BCUT2D eigenvalue weighted by atomic mass is 10.0. The number of fused-ring (bicyclic) bond motifs is 1. The molecule has 3 rings (SSSR count). The molecule has 2 N–H and O–H groups in total. The molecule has 2 aliphatic rings. The normalized spacial score (nSPS) is 22.5. The number of hydrogen-bond donors (Lipinski definition) is 1. The van der Waals surface area contributed by atoms with Crippen LogP contribution < -0.4 is 5.73 Å². The number of benzene rings is 1. The summed E-state index contributed by atoms with van der Waals surface area (Å²) in [7, 11) is 0. The van der Waals surface area contributed by atoms with Gasteiger partial charge in [-0.3, -0.25) is 9.79 Å². The smallest absolute Gasteiger partial charge is 0.248 e. The Bertz CT molecular complexity index is 500. The van der Waals surface area contributed by atoms with Gasteiger partial charge >= 0.3 is 0 Å². The zero-order valence-electron chi connectivity index (χ0n) is 9.30. The van der Waals surface area contributed by atoms with E-state index in [-0.39, 0.29) is 11.9 Å². The number of aliphatic imine (C=N–C) groups is 1. The fourth-order valence-corrected chi connectivity index (χ4v) is 3.23. The number of thioether (sulfide) groups is 1. The fraction of sp³-hybridized carbons (Fsp3) is 0.333. The van der Waals surface area contributed by atoms with Gasteiger partial charge in [0.25, 0.3) is 0 Å². The van der Waals surface area contributed by atoms with E-state index in [0.29, 0.717) is 5.56 Å². The van der Waals surface area contributed by atoms with Gasteiger partial charge in [0.15, 0.2) is 5.17 Å². The zero-order valence-corrected chi connectivity index (χ0v) is 10.1. The molecule has 1 aromatic rings. The van der Waals surface area contributed by atoms with Crippen molar-refractivity contribution in [2.24, 2.45) is 10.7 Å². The number of primary amides is 1. The predicted molar refractivity (Wildman–Crippen MR) is 69.2 cm³/mol. The molecular weight excluding hydrogens is 234 g/mol. The highest BCUT2D eigenvalue weighted by Gasteiger charge is 2.30. The van der Waals surface area contributed by atoms with Crippen LogP contribution in [0.1, 0.15) is 22.0 Å². The molecule has 5 heteroatoms. The second-order valence-electron chi connectivity index (χ2n) is 4.21. The van der Waals surface area contributed by atoms with E-state index in [0.717, 1.165) is 29.6 Å². The Hall–Kier alpha value is -1.49. The molecule has 1 saturated heterocycles. The van der Waals surface area contributed by atoms with Gasteiger partial charge in [0, 0.05) is 24.4 Å². The van der Waals surface area contributed by atoms with E-state index >= 15 is 0 Å². The Labute approximate surface area is 104 Å². The van der Waals surface area contributed by atoms with Crippen LogP contribution in [0.2, 0.25) is 0 Å². The van der Waals surface area contributed by atoms with E-state index in [9.17, 15) is 4.79 Å². The quantitative estimate of drug-likeness (QED) is 0.855. The van der Waals surface area contributed by atoms with Crippen molar-refractivity contribution in [3.63, 3.8) is 0 Å². The van der Waals surface area contributed by atoms with Crippen LogP contribution in [0.25, 0.3) is 0 Å². The van der Waals surface area contributed by atoms with Gasteiger partial charge in [-0.1, -0.05) is 23.9 Å². The highest BCUT2D eigenvalue weighted by Crippen LogP contribution is 2.32. The third kappa shape index (κ3) is 1.91. The first kappa shape index (κ1) is 10.7. The number of carbonyl (C=O) groups is 1. The standard InChI is InChI=1S/C12H13N3OS/c13-11(16)9-3-1-2-8(6-9)10-7-15-4-5-17-12(15)14-10/h1-3,6,10H,4-5,7H2,(H2,13,16)/t10-/m1/s1. The van der Waals surface area contributed by atoms with Crippen LogP contribution in [0, 0.1) is 0 Å². The summed E-state index contributed by atoms with van der Waals surface area (Å²) in [6.07, 6.45) is 0. The summed E-state index contributed by atoms with van der Waals surface area (Å²) in [6, 6.07) is 7.62. The lowest BCUT2D eigenvalue weighted by Crippen LogP contribution is -2.22. The van der Waals surface area contributed by atoms with Crippen molar-refractivity contribution >= 4 is 22.8 Å². The topological polar surface area (TPSA) is 58.7 Å². The van der Waals surface area contributed by atoms with Crippen LogP contribution in [-0.4, -0.2) is 34.8 Å². The monoisotopic (exact) mass is 247 g/mol. The highest BCUT2D eigenvalue weighted by atomic mass is 32.2. The molecule has 0 radical (unpaired) electrons. The SMILES string of the molecule is NC(=O)c1cccc([C@H]2CN3CCSC3=N2)c1. The Balaban J connectivity index is 1.88. The molecular formula is C12H13N3OS. The molecule has 2 heterocycles. The number of nitrogens with zero attached hydrogens (tertiary/aromatic N) is 2. The first-order valence-corrected chi connectivity index (χ1v) is 6.58. The summed E-state index contributed by atoms with van der Waals surface area (Å²) < 4.78 is 0. The number of hydrogen-bond acceptors (Lipinski definition) is 4. The van der Waals surface area contributed by atoms with Gasteiger partial charge in [-0.2, -0.15) is 0 Å². The minimum Gasteiger partial charge on any atom is -0.366 e. The van der Waals surface area contributed by atoms with Crippen LogP contribution in [-0.2, 0) is 0 Å². The molecule has 2 aliphatic heterocycles. The minimum absolute atomic E-state index is 0.150. The molecule has 0 bridgehead atoms. The van der Waals surface area contributed by atoms with Crippen molar-refractivity contribution in [3.05, 3.63) is 35.4 Å². The average Bonchev–Trinajstić information content (AvgIpc) is 2.89. The van der Waals surface area contributed by atoms with E-state index in [1.165, 1.54) is 0 Å². The molecule has 0 aromatic heterocycles. The largest absolute Gasteiger partial charge is 0.366 e. The maximum Gasteiger partial charge on any atom is 0.248 e. The lowest BCUT2D eigenvalue weighted by Gasteiger charge is -2.13. The third-order valence-electron chi connectivity index (χ3n) is 3.08. The molecule has 1 atom stereocenters. The molecule has 0 unspecified atom stereocenters. The summed E-state index contributed by atoms with van der Waals surface area (Å²) in [5, 5.41) is 1.14. The van der Waals surface area contributed by atoms with E-state index < -0.39 is 0 Å². The number of amidine groups is 1. The summed E-state index contributed by atoms with van der Waals surface area (Å²) in [5.41, 5.74) is 6.91. The Morgan fingerprint density at radius 1 is 1.53 bits per heavy atom. The molecule has 1 fully saturated rings. The lowest BCUT2D eigenvalue weighted by molar-refractivity contribution is 0.1000. The second-order valence-corrected chi connectivity index (χ2v) is 5.27. The maximum atomic E-state index is 11.1. The number of amides is 1. The summed E-state index contributed by atoms with van der Waals surface area (Å²) in [4.78, 5) is 18.1. The van der Waals surface area contributed by atoms with Crippen LogP contribution in [0.3, 0.4) is 0 Å². The first-order chi connectivity index (χ1) is 8.24. The number of rotatable bonds is 2. The fourth-order valence-electron chi connectivity index (χ4n) is 2.18. The molecule has 4 nitrogen and oxygen atoms in total. The van der Waals surface area contributed by atoms with Gasteiger partial charge in [-0.25, -0.2) is 0 Å². The average molecular weight is 247 g/mol. The molecule has 17 heavy (non-hydrogen) atoms. The van der Waals surface area contributed by atoms with Crippen LogP contribution >= 0.6 is 11.8 Å². The van der Waals surface area contributed by atoms with Gasteiger partial charge in [0.05, 0.1) is 6.04 Å². The molecule has 0 saturated carbocycles. The summed E-state index contributed by atoms with van der Waals surface area (Å²) in [5.74, 6) is 0.750. The predicted octanol–water partition coefficient (Wildman–Crippen LogP) is 1.25. The van der Waals surface area contributed by atoms with Gasteiger partial charge in [-0.05, 0) is 17.7 Å². The van der Waals surface area contributed by atoms with Crippen LogP contribution in [0.4, 0.5) is 0 Å². The number of nitrogens with two attached hydrogens (primary N) is 1. The Kier molecular flexibility index (Phi) is 2.55. The van der Waals surface area contributed by atoms with Crippen molar-refractivity contribution in [2.45, 2.75) is 6.04 Å². The van der Waals surface area contributed by atoms with Gasteiger partial charge in [-0.15, -0.1) is 0 Å². The third-order valence-corrected chi connectivity index (χ3v) is 4.09. The van der Waals surface area contributed by atoms with E-state index in [4.69, 9.17) is 5.73 Å². The molecule has 0 aliphatic carbocycles. The zero-order chi connectivity index (χ0) is 11.8. The summed E-state index contributed by atoms with van der Waals surface area (Å²) in [6.45, 7) is 2.00. The van der Waals surface area contributed by atoms with Crippen molar-refractivity contribution in [3.8, 4) is 0 Å². The van der Waals surface area contributed by atoms with E-state index in [1.54, 1.807) is 17.8 Å². The van der Waals surface area contributed by atoms with E-state index in [1.807, 2.05) is 18.2 Å². The van der Waals surface area contributed by atoms with Crippen molar-refractivity contribution in [1.29, 1.82) is 0 Å². The van der Waals surface area contributed by atoms with Crippen LogP contribution in [0.5, 0.6) is 0 Å². The summed E-state index contributed by atoms with van der Waals surface area (Å²) >= 11 is 1.81.